The van der Waals surface area contributed by atoms with Crippen LogP contribution in [0.2, 0.25) is 0 Å². The Balaban J connectivity index is 1.31. The van der Waals surface area contributed by atoms with Gasteiger partial charge in [-0.05, 0) is 24.3 Å². The number of para-hydroxylation sites is 1. The van der Waals surface area contributed by atoms with Crippen LogP contribution >= 0.6 is 0 Å². The molecule has 0 aliphatic carbocycles. The minimum Gasteiger partial charge on any atom is -0.341 e. The highest BCUT2D eigenvalue weighted by Crippen LogP contribution is 2.25. The molecule has 1 aromatic heterocycles. The molecule has 1 aliphatic rings. The summed E-state index contributed by atoms with van der Waals surface area (Å²) in [5.74, 6) is 0.177. The smallest absolute Gasteiger partial charge is 0.263 e. The number of fused-ring (bicyclic) bond motifs is 1. The average molecular weight is 500 g/mol. The van der Waals surface area contributed by atoms with Gasteiger partial charge in [0, 0.05) is 42.9 Å². The van der Waals surface area contributed by atoms with Crippen LogP contribution in [0.1, 0.15) is 17.5 Å². The molecule has 0 bridgehead atoms. The lowest BCUT2D eigenvalue weighted by Gasteiger charge is -2.16. The molecule has 8 nitrogen and oxygen atoms in total. The Bertz CT molecular complexity index is 1530. The van der Waals surface area contributed by atoms with Crippen LogP contribution in [0.5, 0.6) is 0 Å². The topological polar surface area (TPSA) is 96.7 Å². The highest BCUT2D eigenvalue weighted by Gasteiger charge is 2.30. The van der Waals surface area contributed by atoms with Crippen molar-refractivity contribution in [1.29, 1.82) is 0 Å². The Labute approximate surface area is 210 Å². The van der Waals surface area contributed by atoms with E-state index in [0.29, 0.717) is 12.1 Å². The second-order valence-electron chi connectivity index (χ2n) is 8.48. The van der Waals surface area contributed by atoms with Crippen LogP contribution in [0.25, 0.3) is 16.9 Å². The van der Waals surface area contributed by atoms with Crippen LogP contribution in [0.3, 0.4) is 0 Å². The van der Waals surface area contributed by atoms with Crippen molar-refractivity contribution in [2.24, 2.45) is 4.99 Å². The molecule has 0 radical (unpaired) electrons. The minimum atomic E-state index is -3.60. The van der Waals surface area contributed by atoms with Crippen molar-refractivity contribution in [3.8, 4) is 16.9 Å². The summed E-state index contributed by atoms with van der Waals surface area (Å²) in [6, 6.07) is 26.4. The van der Waals surface area contributed by atoms with E-state index in [9.17, 15) is 13.2 Å². The van der Waals surface area contributed by atoms with Crippen molar-refractivity contribution in [3.63, 3.8) is 0 Å². The fraction of sp³-hybridized carbons (Fsp3) is 0.148. The predicted octanol–water partition coefficient (Wildman–Crippen LogP) is 3.63. The number of amidine groups is 1. The predicted molar refractivity (Wildman–Crippen MR) is 138 cm³/mol. The molecule has 9 heteroatoms. The summed E-state index contributed by atoms with van der Waals surface area (Å²) in [6.45, 7) is 0.548. The number of hydrogen-bond donors (Lipinski definition) is 1. The Morgan fingerprint density at radius 1 is 0.972 bits per heavy atom. The number of rotatable bonds is 7. The highest BCUT2D eigenvalue weighted by atomic mass is 32.2. The van der Waals surface area contributed by atoms with Crippen molar-refractivity contribution < 1.29 is 13.2 Å². The third-order valence-corrected chi connectivity index (χ3v) is 7.35. The van der Waals surface area contributed by atoms with Crippen molar-refractivity contribution in [2.45, 2.75) is 17.9 Å². The first-order valence-electron chi connectivity index (χ1n) is 11.5. The van der Waals surface area contributed by atoms with E-state index in [4.69, 9.17) is 5.10 Å². The molecule has 4 aromatic rings. The van der Waals surface area contributed by atoms with Gasteiger partial charge in [-0.3, -0.25) is 14.5 Å². The first kappa shape index (κ1) is 23.5. The second-order valence-corrected chi connectivity index (χ2v) is 10.1. The molecule has 0 saturated carbocycles. The molecule has 0 unspecified atom stereocenters. The number of nitrogens with zero attached hydrogens (tertiary/aromatic N) is 4. The number of amides is 1. The number of nitrogens with one attached hydrogen (secondary N) is 1. The van der Waals surface area contributed by atoms with E-state index >= 15 is 0 Å². The standard InChI is InChI=1S/C27H25N5O3S/c1-31(25(33)16-17-28-27-23-14-8-9-15-24(23)36(34,35)30-27)18-21-19-32(22-12-6-3-7-13-22)29-26(21)20-10-4-2-5-11-20/h2-15,19H,16-18H2,1H3,(H,28,30). The van der Waals surface area contributed by atoms with Gasteiger partial charge in [0.2, 0.25) is 5.91 Å². The number of carbonyl (C=O) groups is 1. The maximum absolute atomic E-state index is 12.9. The van der Waals surface area contributed by atoms with Gasteiger partial charge in [-0.15, -0.1) is 0 Å². The Morgan fingerprint density at radius 3 is 2.39 bits per heavy atom. The van der Waals surface area contributed by atoms with Crippen molar-refractivity contribution in [1.82, 2.24) is 19.4 Å². The van der Waals surface area contributed by atoms with Crippen LogP contribution in [-0.4, -0.2) is 48.4 Å². The molecule has 0 spiro atoms. The maximum atomic E-state index is 12.9. The quantitative estimate of drug-likeness (QED) is 0.420. The summed E-state index contributed by atoms with van der Waals surface area (Å²) >= 11 is 0. The van der Waals surface area contributed by atoms with E-state index < -0.39 is 10.0 Å². The number of carbonyl (C=O) groups excluding carboxylic acids is 1. The number of aliphatic imine (C=N–C) groups is 1. The minimum absolute atomic E-state index is 0.0973. The van der Waals surface area contributed by atoms with Gasteiger partial charge >= 0.3 is 0 Å². The van der Waals surface area contributed by atoms with Crippen LogP contribution in [-0.2, 0) is 21.4 Å². The van der Waals surface area contributed by atoms with Crippen LogP contribution < -0.4 is 4.72 Å². The first-order chi connectivity index (χ1) is 17.4. The molecule has 1 aliphatic heterocycles. The fourth-order valence-corrected chi connectivity index (χ4v) is 5.38. The lowest BCUT2D eigenvalue weighted by molar-refractivity contribution is -0.130. The summed E-state index contributed by atoms with van der Waals surface area (Å²) in [4.78, 5) is 19.1. The molecule has 1 N–H and O–H groups in total. The maximum Gasteiger partial charge on any atom is 0.263 e. The van der Waals surface area contributed by atoms with Crippen molar-refractivity contribution in [3.05, 3.63) is 102 Å². The molecule has 3 aromatic carbocycles. The largest absolute Gasteiger partial charge is 0.341 e. The Hall–Kier alpha value is -4.24. The van der Waals surface area contributed by atoms with E-state index in [2.05, 4.69) is 9.71 Å². The van der Waals surface area contributed by atoms with E-state index in [1.165, 1.54) is 0 Å². The number of aromatic nitrogens is 2. The molecular formula is C27H25N5O3S. The van der Waals surface area contributed by atoms with E-state index in [1.54, 1.807) is 36.2 Å². The normalized spacial score (nSPS) is 14.9. The van der Waals surface area contributed by atoms with Gasteiger partial charge in [-0.1, -0.05) is 60.7 Å². The van der Waals surface area contributed by atoms with Gasteiger partial charge in [0.05, 0.1) is 22.8 Å². The highest BCUT2D eigenvalue weighted by molar-refractivity contribution is 7.90. The zero-order valence-corrected chi connectivity index (χ0v) is 20.5. The third kappa shape index (κ3) is 4.78. The fourth-order valence-electron chi connectivity index (χ4n) is 4.13. The summed E-state index contributed by atoms with van der Waals surface area (Å²) in [5, 5.41) is 4.80. The molecule has 182 valence electrons. The SMILES string of the molecule is CN(Cc1cn(-c2ccccc2)nc1-c1ccccc1)C(=O)CCN=C1NS(=O)(=O)c2ccccc21. The summed E-state index contributed by atoms with van der Waals surface area (Å²) in [6.07, 6.45) is 2.10. The average Bonchev–Trinajstić information content (AvgIpc) is 3.43. The van der Waals surface area contributed by atoms with Gasteiger partial charge in [0.25, 0.3) is 10.0 Å². The zero-order chi connectivity index (χ0) is 25.1. The van der Waals surface area contributed by atoms with E-state index in [0.717, 1.165) is 22.5 Å². The van der Waals surface area contributed by atoms with Crippen molar-refractivity contribution in [2.75, 3.05) is 13.6 Å². The van der Waals surface area contributed by atoms with Crippen LogP contribution in [0, 0.1) is 0 Å². The van der Waals surface area contributed by atoms with Crippen LogP contribution in [0.4, 0.5) is 0 Å². The lowest BCUT2D eigenvalue weighted by Crippen LogP contribution is -2.27. The Kier molecular flexibility index (Phi) is 6.39. The first-order valence-corrected chi connectivity index (χ1v) is 13.0. The molecule has 0 saturated heterocycles. The monoisotopic (exact) mass is 499 g/mol. The molecule has 0 atom stereocenters. The molecule has 1 amide bonds. The van der Waals surface area contributed by atoms with E-state index in [-0.39, 0.29) is 29.6 Å². The molecule has 5 rings (SSSR count). The van der Waals surface area contributed by atoms with Crippen LogP contribution in [0.15, 0.2) is 101 Å². The summed E-state index contributed by atoms with van der Waals surface area (Å²) in [5.41, 5.74) is 4.17. The summed E-state index contributed by atoms with van der Waals surface area (Å²) in [7, 11) is -1.85. The summed E-state index contributed by atoms with van der Waals surface area (Å²) < 4.78 is 28.8. The van der Waals surface area contributed by atoms with Crippen molar-refractivity contribution >= 4 is 21.8 Å². The molecule has 36 heavy (non-hydrogen) atoms. The Morgan fingerprint density at radius 2 is 1.64 bits per heavy atom. The lowest BCUT2D eigenvalue weighted by atomic mass is 10.1. The molecule has 2 heterocycles. The number of hydrogen-bond acceptors (Lipinski definition) is 5. The molecule has 0 fully saturated rings. The van der Waals surface area contributed by atoms with Gasteiger partial charge in [0.15, 0.2) is 0 Å². The number of sulfonamides is 1. The zero-order valence-electron chi connectivity index (χ0n) is 19.7. The van der Waals surface area contributed by atoms with Gasteiger partial charge < -0.3 is 4.90 Å². The third-order valence-electron chi connectivity index (χ3n) is 5.95. The number of benzene rings is 3. The van der Waals surface area contributed by atoms with Gasteiger partial charge in [-0.25, -0.2) is 13.1 Å². The second kappa shape index (κ2) is 9.79. The van der Waals surface area contributed by atoms with E-state index in [1.807, 2.05) is 71.5 Å². The van der Waals surface area contributed by atoms with Gasteiger partial charge in [0.1, 0.15) is 5.84 Å². The van der Waals surface area contributed by atoms with Gasteiger partial charge in [-0.2, -0.15) is 5.10 Å². The molecular weight excluding hydrogens is 474 g/mol.